The van der Waals surface area contributed by atoms with Crippen LogP contribution in [0.5, 0.6) is 5.75 Å². The number of benzene rings is 2. The molecular weight excluding hydrogens is 873 g/mol. The van der Waals surface area contributed by atoms with Crippen LogP contribution >= 0.6 is 0 Å². The molecule has 6 amide bonds. The smallest absolute Gasteiger partial charge is 0.412 e. The standard InChI is InChI=1S/C28H45N5O6.C16H21NO3.C4H11N.CH3NO.CH4/c1-18(2)27(33-25(36)11-10-24(35)30-15-20(4)14-19(3)12-13-29)28(38)31-16-26(37)32-23-8-6-22(7-9-23)17-39-21(5)34;1-4-5-6-12-10-15(12)20-16(18)17-13-9-11(2)7-8-14(13)19-3;1-3-4-5-2;2-1-3;/h6-9,18-20,27H,10-17,29H2,1-5H3,(H,30,35)(H,31,38)(H,32,37)(H,33,36);6-9,15H,4-5,10H2,1-3H3,(H,17,18);5H,3-4H2,1-2H3;1H,(H2,2,3);1H4/b;12-6-;;;. The SMILES string of the molecule is C.CC(=O)OCc1ccc(NC(=O)CNC(=O)C(NC(=O)CCC(=O)NCC(C)CC(C)CCN)C(C)C)cc1.CCC/C=C1/CC1OC(=O)Nc1cc(C)ccc1OC.CCCNC.NC=O. The lowest BCUT2D eigenvalue weighted by Crippen LogP contribution is -2.51. The van der Waals surface area contributed by atoms with Crippen molar-refractivity contribution in [2.45, 2.75) is 133 Å². The largest absolute Gasteiger partial charge is 0.495 e. The number of ether oxygens (including phenoxy) is 3. The van der Waals surface area contributed by atoms with Gasteiger partial charge in [0.15, 0.2) is 0 Å². The number of unbranched alkanes of at least 4 members (excludes halogenated alkanes) is 1. The van der Waals surface area contributed by atoms with Crippen LogP contribution in [0.4, 0.5) is 16.2 Å². The highest BCUT2D eigenvalue weighted by atomic mass is 16.6. The fourth-order valence-electron chi connectivity index (χ4n) is 6.16. The Morgan fingerprint density at radius 1 is 0.882 bits per heavy atom. The zero-order chi connectivity index (χ0) is 50.7. The van der Waals surface area contributed by atoms with Crippen molar-refractivity contribution < 1.29 is 47.8 Å². The molecule has 1 saturated carbocycles. The molecule has 2 aromatic carbocycles. The minimum atomic E-state index is -0.849. The molecule has 4 unspecified atom stereocenters. The number of nitrogens with one attached hydrogen (secondary N) is 6. The lowest BCUT2D eigenvalue weighted by atomic mass is 9.95. The second-order valence-corrected chi connectivity index (χ2v) is 16.6. The Labute approximate surface area is 405 Å². The van der Waals surface area contributed by atoms with Crippen LogP contribution in [0.25, 0.3) is 0 Å². The van der Waals surface area contributed by atoms with E-state index in [1.807, 2.05) is 32.2 Å². The molecule has 18 heteroatoms. The van der Waals surface area contributed by atoms with Gasteiger partial charge < -0.3 is 52.3 Å². The highest BCUT2D eigenvalue weighted by Crippen LogP contribution is 2.34. The molecule has 0 aliphatic heterocycles. The van der Waals surface area contributed by atoms with Gasteiger partial charge in [-0.1, -0.05) is 79.7 Å². The van der Waals surface area contributed by atoms with Gasteiger partial charge in [-0.3, -0.25) is 34.1 Å². The molecule has 68 heavy (non-hydrogen) atoms. The van der Waals surface area contributed by atoms with Crippen molar-refractivity contribution in [2.24, 2.45) is 29.2 Å². The zero-order valence-corrected chi connectivity index (χ0v) is 41.5. The van der Waals surface area contributed by atoms with E-state index in [2.05, 4.69) is 71.4 Å². The van der Waals surface area contributed by atoms with E-state index in [0.29, 0.717) is 42.0 Å². The van der Waals surface area contributed by atoms with Crippen LogP contribution in [0.15, 0.2) is 54.1 Å². The summed E-state index contributed by atoms with van der Waals surface area (Å²) in [6.07, 6.45) is 8.06. The number of hydrogen-bond acceptors (Lipinski definition) is 12. The summed E-state index contributed by atoms with van der Waals surface area (Å²) in [5, 5.41) is 16.5. The number of aryl methyl sites for hydroxylation is 1. The van der Waals surface area contributed by atoms with Crippen LogP contribution in [-0.2, 0) is 44.8 Å². The molecule has 0 radical (unpaired) electrons. The first-order valence-corrected chi connectivity index (χ1v) is 23.0. The number of hydrogen-bond donors (Lipinski definition) is 8. The summed E-state index contributed by atoms with van der Waals surface area (Å²) in [5.41, 5.74) is 13.9. The fraction of sp³-hybridized carbons (Fsp3) is 0.580. The first-order chi connectivity index (χ1) is 31.9. The second kappa shape index (κ2) is 38.0. The number of carbonyl (C=O) groups excluding carboxylic acids is 7. The number of primary amides is 1. The number of methoxy groups -OCH3 is 1. The van der Waals surface area contributed by atoms with Crippen LogP contribution in [-0.4, -0.2) is 94.6 Å². The van der Waals surface area contributed by atoms with Crippen molar-refractivity contribution in [3.05, 3.63) is 65.2 Å². The van der Waals surface area contributed by atoms with Gasteiger partial charge in [0, 0.05) is 38.4 Å². The Bertz CT molecular complexity index is 1820. The van der Waals surface area contributed by atoms with Gasteiger partial charge in [0.1, 0.15) is 24.5 Å². The van der Waals surface area contributed by atoms with E-state index in [-0.39, 0.29) is 63.7 Å². The average Bonchev–Trinajstić information content (AvgIpc) is 4.02. The zero-order valence-electron chi connectivity index (χ0n) is 41.5. The van der Waals surface area contributed by atoms with Crippen LogP contribution < -0.4 is 48.1 Å². The van der Waals surface area contributed by atoms with Crippen molar-refractivity contribution in [2.75, 3.05) is 51.0 Å². The molecular formula is C50H84N8O10. The van der Waals surface area contributed by atoms with E-state index >= 15 is 0 Å². The molecule has 18 nitrogen and oxygen atoms in total. The molecule has 0 aromatic heterocycles. The van der Waals surface area contributed by atoms with Crippen molar-refractivity contribution >= 4 is 53.5 Å². The molecule has 1 aliphatic carbocycles. The lowest BCUT2D eigenvalue weighted by molar-refractivity contribution is -0.142. The Balaban J connectivity index is 0. The van der Waals surface area contributed by atoms with Crippen molar-refractivity contribution in [3.63, 3.8) is 0 Å². The van der Waals surface area contributed by atoms with E-state index in [1.165, 1.54) is 18.9 Å². The number of amides is 6. The monoisotopic (exact) mass is 957 g/mol. The molecule has 0 heterocycles. The average molecular weight is 957 g/mol. The first kappa shape index (κ1) is 64.1. The molecule has 1 fully saturated rings. The predicted molar refractivity (Wildman–Crippen MR) is 270 cm³/mol. The third kappa shape index (κ3) is 31.1. The van der Waals surface area contributed by atoms with Gasteiger partial charge in [-0.2, -0.15) is 0 Å². The summed E-state index contributed by atoms with van der Waals surface area (Å²) >= 11 is 0. The Kier molecular flexibility index (Phi) is 35.8. The summed E-state index contributed by atoms with van der Waals surface area (Å²) < 4.78 is 15.5. The number of nitrogens with two attached hydrogens (primary N) is 2. The molecule has 10 N–H and O–H groups in total. The normalized spacial score (nSPS) is 13.8. The summed E-state index contributed by atoms with van der Waals surface area (Å²) in [7, 11) is 3.54. The van der Waals surface area contributed by atoms with E-state index in [0.717, 1.165) is 49.8 Å². The number of carbonyl (C=O) groups is 7. The summed E-state index contributed by atoms with van der Waals surface area (Å²) in [4.78, 5) is 80.9. The Hall–Kier alpha value is -6.01. The van der Waals surface area contributed by atoms with Gasteiger partial charge in [0.2, 0.25) is 30.0 Å². The van der Waals surface area contributed by atoms with E-state index in [1.54, 1.807) is 45.2 Å². The highest BCUT2D eigenvalue weighted by molar-refractivity contribution is 5.96. The van der Waals surface area contributed by atoms with Crippen LogP contribution in [0.2, 0.25) is 0 Å². The van der Waals surface area contributed by atoms with Gasteiger partial charge in [-0.15, -0.1) is 0 Å². The van der Waals surface area contributed by atoms with Crippen molar-refractivity contribution in [1.29, 1.82) is 0 Å². The highest BCUT2D eigenvalue weighted by Gasteiger charge is 2.33. The summed E-state index contributed by atoms with van der Waals surface area (Å²) in [6.45, 7) is 17.5. The number of esters is 1. The van der Waals surface area contributed by atoms with E-state index in [9.17, 15) is 28.8 Å². The predicted octanol–water partition coefficient (Wildman–Crippen LogP) is 6.26. The molecule has 384 valence electrons. The number of anilines is 2. The second-order valence-electron chi connectivity index (χ2n) is 16.6. The first-order valence-electron chi connectivity index (χ1n) is 23.0. The minimum absolute atomic E-state index is 0. The number of allylic oxidation sites excluding steroid dienone is 1. The summed E-state index contributed by atoms with van der Waals surface area (Å²) in [5.74, 6) is -0.742. The maximum Gasteiger partial charge on any atom is 0.412 e. The Morgan fingerprint density at radius 2 is 1.53 bits per heavy atom. The minimum Gasteiger partial charge on any atom is -0.495 e. The maximum atomic E-state index is 12.7. The van der Waals surface area contributed by atoms with Gasteiger partial charge in [-0.05, 0) is 111 Å². The molecule has 0 bridgehead atoms. The van der Waals surface area contributed by atoms with Gasteiger partial charge in [0.05, 0.1) is 19.3 Å². The maximum absolute atomic E-state index is 12.7. The lowest BCUT2D eigenvalue weighted by Gasteiger charge is -2.21. The molecule has 1 aliphatic rings. The number of rotatable bonds is 24. The van der Waals surface area contributed by atoms with Crippen LogP contribution in [0.1, 0.15) is 118 Å². The quantitative estimate of drug-likeness (QED) is 0.0329. The van der Waals surface area contributed by atoms with Gasteiger partial charge >= 0.3 is 12.1 Å². The van der Waals surface area contributed by atoms with Crippen molar-refractivity contribution in [1.82, 2.24) is 21.3 Å². The molecule has 3 rings (SSSR count). The van der Waals surface area contributed by atoms with E-state index in [4.69, 9.17) is 24.7 Å². The van der Waals surface area contributed by atoms with Crippen LogP contribution in [0, 0.1) is 24.7 Å². The third-order valence-corrected chi connectivity index (χ3v) is 9.77. The third-order valence-electron chi connectivity index (χ3n) is 9.77. The summed E-state index contributed by atoms with van der Waals surface area (Å²) in [6, 6.07) is 11.5. The molecule has 0 spiro atoms. The fourth-order valence-corrected chi connectivity index (χ4v) is 6.16. The van der Waals surface area contributed by atoms with Gasteiger partial charge in [-0.25, -0.2) is 4.79 Å². The topological polar surface area (TPSA) is 271 Å². The van der Waals surface area contributed by atoms with Gasteiger partial charge in [0.25, 0.3) is 0 Å². The van der Waals surface area contributed by atoms with Crippen molar-refractivity contribution in [3.8, 4) is 5.75 Å². The molecule has 0 saturated heterocycles. The molecule has 2 aromatic rings. The Morgan fingerprint density at radius 3 is 2.07 bits per heavy atom. The van der Waals surface area contributed by atoms with E-state index < -0.39 is 29.9 Å². The van der Waals surface area contributed by atoms with Crippen LogP contribution in [0.3, 0.4) is 0 Å². The molecule has 4 atom stereocenters.